The molecule has 4 aromatic rings. The second-order valence-electron chi connectivity index (χ2n) is 11.6. The monoisotopic (exact) mass is 556 g/mol. The molecule has 1 N–H and O–H groups in total. The maximum absolute atomic E-state index is 15.6. The van der Waals surface area contributed by atoms with Gasteiger partial charge in [0.05, 0.1) is 41.8 Å². The number of hydrogen-bond donors (Lipinski definition) is 1. The fraction of sp³-hybridized carbons (Fsp3) is 0.424. The molecule has 0 amide bonds. The third-order valence-corrected chi connectivity index (χ3v) is 7.90. The second-order valence-corrected chi connectivity index (χ2v) is 11.6. The van der Waals surface area contributed by atoms with Crippen molar-refractivity contribution in [2.24, 2.45) is 0 Å². The summed E-state index contributed by atoms with van der Waals surface area (Å²) in [5, 5.41) is 24.1. The van der Waals surface area contributed by atoms with Crippen LogP contribution in [0.1, 0.15) is 81.3 Å². The first kappa shape index (κ1) is 28.7. The van der Waals surface area contributed by atoms with Crippen LogP contribution in [-0.2, 0) is 17.6 Å². The first-order chi connectivity index (χ1) is 19.7. The van der Waals surface area contributed by atoms with E-state index >= 15 is 4.39 Å². The zero-order valence-corrected chi connectivity index (χ0v) is 23.9. The number of aliphatic hydroxyl groups is 1. The third kappa shape index (κ3) is 6.12. The van der Waals surface area contributed by atoms with Gasteiger partial charge in [0.15, 0.2) is 0 Å². The minimum absolute atomic E-state index is 0.0205. The van der Waals surface area contributed by atoms with Crippen LogP contribution >= 0.6 is 0 Å². The number of halogens is 1. The van der Waals surface area contributed by atoms with Crippen molar-refractivity contribution in [3.8, 4) is 17.2 Å². The van der Waals surface area contributed by atoms with Crippen molar-refractivity contribution in [3.05, 3.63) is 93.3 Å². The maximum Gasteiger partial charge on any atom is 0.257 e. The lowest BCUT2D eigenvalue weighted by atomic mass is 9.92. The fourth-order valence-electron chi connectivity index (χ4n) is 5.88. The van der Waals surface area contributed by atoms with Gasteiger partial charge in [-0.05, 0) is 74.8 Å². The molecule has 0 unspecified atom stereocenters. The number of fused-ring (bicyclic) bond motifs is 1. The predicted molar refractivity (Wildman–Crippen MR) is 156 cm³/mol. The van der Waals surface area contributed by atoms with Gasteiger partial charge >= 0.3 is 0 Å². The Labute approximate surface area is 239 Å². The zero-order valence-electron chi connectivity index (χ0n) is 23.9. The van der Waals surface area contributed by atoms with Gasteiger partial charge in [-0.15, -0.1) is 0 Å². The Bertz CT molecular complexity index is 1640. The van der Waals surface area contributed by atoms with Crippen molar-refractivity contribution in [1.29, 1.82) is 5.26 Å². The molecule has 1 saturated carbocycles. The molecule has 1 aliphatic carbocycles. The van der Waals surface area contributed by atoms with E-state index in [0.29, 0.717) is 34.2 Å². The molecule has 41 heavy (non-hydrogen) atoms. The Morgan fingerprint density at radius 3 is 2.59 bits per heavy atom. The van der Waals surface area contributed by atoms with E-state index in [4.69, 9.17) is 4.74 Å². The molecule has 2 heterocycles. The van der Waals surface area contributed by atoms with Gasteiger partial charge in [-0.1, -0.05) is 43.7 Å². The van der Waals surface area contributed by atoms with Crippen LogP contribution in [0.2, 0.25) is 0 Å². The minimum Gasteiger partial charge on any atom is -0.388 e. The van der Waals surface area contributed by atoms with Crippen LogP contribution in [0.25, 0.3) is 16.8 Å². The minimum atomic E-state index is -0.881. The number of aryl methyl sites for hydroxylation is 1. The molecule has 2 aromatic heterocycles. The molecule has 7 nitrogen and oxygen atoms in total. The van der Waals surface area contributed by atoms with Crippen LogP contribution in [0.4, 0.5) is 4.39 Å². The van der Waals surface area contributed by atoms with Crippen molar-refractivity contribution < 1.29 is 14.2 Å². The number of nitrogens with zero attached hydrogens (tertiary/aromatic N) is 4. The molecule has 0 aliphatic heterocycles. The smallest absolute Gasteiger partial charge is 0.257 e. The topological polar surface area (TPSA) is 92.5 Å². The van der Waals surface area contributed by atoms with E-state index < -0.39 is 11.4 Å². The summed E-state index contributed by atoms with van der Waals surface area (Å²) >= 11 is 0. The standard InChI is InChI=1S/C33H37FN4O3/c1-4-7-30-28(18-23-11-10-22(19-29(23)34)27-9-6-5-8-24(27)20-35)32(39)37(31-16-17-36-38(30)31)25-12-14-26(15-13-25)41-21-33(2,3)40/h5-6,8-11,16-17,19,25-26,40H,4,7,12-15,18,21H2,1-3H3/t25-,26-. The summed E-state index contributed by atoms with van der Waals surface area (Å²) in [6.07, 6.45) is 6.51. The molecule has 8 heteroatoms. The van der Waals surface area contributed by atoms with E-state index in [-0.39, 0.29) is 30.7 Å². The maximum atomic E-state index is 15.6. The van der Waals surface area contributed by atoms with E-state index in [1.165, 1.54) is 6.07 Å². The average molecular weight is 557 g/mol. The third-order valence-electron chi connectivity index (χ3n) is 7.90. The number of ether oxygens (including phenoxy) is 1. The molecule has 5 rings (SSSR count). The largest absolute Gasteiger partial charge is 0.388 e. The van der Waals surface area contributed by atoms with Crippen LogP contribution in [0.15, 0.2) is 59.5 Å². The molecule has 0 atom stereocenters. The summed E-state index contributed by atoms with van der Waals surface area (Å²) in [5.74, 6) is -0.409. The van der Waals surface area contributed by atoms with E-state index in [2.05, 4.69) is 18.1 Å². The Morgan fingerprint density at radius 2 is 1.90 bits per heavy atom. The lowest BCUT2D eigenvalue weighted by molar-refractivity contribution is -0.0654. The molecular weight excluding hydrogens is 519 g/mol. The Hall–Kier alpha value is -3.80. The Balaban J connectivity index is 1.49. The summed E-state index contributed by atoms with van der Waals surface area (Å²) in [6, 6.07) is 16.1. The van der Waals surface area contributed by atoms with Crippen molar-refractivity contribution in [1.82, 2.24) is 14.2 Å². The highest BCUT2D eigenvalue weighted by atomic mass is 19.1. The quantitative estimate of drug-likeness (QED) is 0.273. The predicted octanol–water partition coefficient (Wildman–Crippen LogP) is 5.99. The molecule has 1 aliphatic rings. The molecule has 214 valence electrons. The number of aromatic nitrogens is 3. The fourth-order valence-corrected chi connectivity index (χ4v) is 5.88. The van der Waals surface area contributed by atoms with Gasteiger partial charge in [0.2, 0.25) is 0 Å². The van der Waals surface area contributed by atoms with Gasteiger partial charge in [-0.2, -0.15) is 10.4 Å². The average Bonchev–Trinajstić information content (AvgIpc) is 3.44. The Kier molecular flexibility index (Phi) is 8.39. The van der Waals surface area contributed by atoms with E-state index in [1.807, 2.05) is 27.3 Å². The van der Waals surface area contributed by atoms with Crippen LogP contribution in [0.5, 0.6) is 0 Å². The van der Waals surface area contributed by atoms with Crippen LogP contribution < -0.4 is 5.56 Å². The highest BCUT2D eigenvalue weighted by Crippen LogP contribution is 2.32. The number of rotatable bonds is 9. The lowest BCUT2D eigenvalue weighted by Gasteiger charge is -2.32. The van der Waals surface area contributed by atoms with Crippen molar-refractivity contribution in [2.75, 3.05) is 6.61 Å². The van der Waals surface area contributed by atoms with Gasteiger partial charge in [0.1, 0.15) is 11.5 Å². The molecular formula is C33H37FN4O3. The van der Waals surface area contributed by atoms with Crippen molar-refractivity contribution in [2.45, 2.75) is 83.5 Å². The SMILES string of the molecule is CCCc1c(Cc2ccc(-c3ccccc3C#N)cc2F)c(=O)n([C@H]2CC[C@H](OCC(C)(C)O)CC2)c2ccnn12. The van der Waals surface area contributed by atoms with Gasteiger partial charge in [0, 0.05) is 24.1 Å². The molecule has 0 saturated heterocycles. The summed E-state index contributed by atoms with van der Waals surface area (Å²) < 4.78 is 25.2. The number of benzene rings is 2. The van der Waals surface area contributed by atoms with E-state index in [0.717, 1.165) is 43.4 Å². The highest BCUT2D eigenvalue weighted by molar-refractivity contribution is 5.70. The molecule has 2 aromatic carbocycles. The van der Waals surface area contributed by atoms with Crippen LogP contribution in [0.3, 0.4) is 0 Å². The normalized spacial score (nSPS) is 17.6. The summed E-state index contributed by atoms with van der Waals surface area (Å²) in [4.78, 5) is 14.2. The number of hydrogen-bond acceptors (Lipinski definition) is 5. The van der Waals surface area contributed by atoms with Crippen LogP contribution in [0, 0.1) is 17.1 Å². The number of nitriles is 1. The van der Waals surface area contributed by atoms with Gasteiger partial charge in [-0.25, -0.2) is 8.91 Å². The second kappa shape index (κ2) is 12.0. The zero-order chi connectivity index (χ0) is 29.1. The first-order valence-corrected chi connectivity index (χ1v) is 14.4. The summed E-state index contributed by atoms with van der Waals surface area (Å²) in [5.41, 5.74) is 3.37. The molecule has 0 spiro atoms. The lowest BCUT2D eigenvalue weighted by Crippen LogP contribution is -2.36. The van der Waals surface area contributed by atoms with E-state index in [9.17, 15) is 15.2 Å². The summed E-state index contributed by atoms with van der Waals surface area (Å²) in [7, 11) is 0. The molecule has 0 bridgehead atoms. The first-order valence-electron chi connectivity index (χ1n) is 14.4. The van der Waals surface area contributed by atoms with Gasteiger partial charge in [-0.3, -0.25) is 9.36 Å². The Morgan fingerprint density at radius 1 is 1.15 bits per heavy atom. The van der Waals surface area contributed by atoms with Gasteiger partial charge < -0.3 is 9.84 Å². The van der Waals surface area contributed by atoms with Crippen molar-refractivity contribution in [3.63, 3.8) is 0 Å². The van der Waals surface area contributed by atoms with Gasteiger partial charge in [0.25, 0.3) is 5.56 Å². The highest BCUT2D eigenvalue weighted by Gasteiger charge is 2.28. The van der Waals surface area contributed by atoms with Crippen molar-refractivity contribution >= 4 is 5.65 Å². The summed E-state index contributed by atoms with van der Waals surface area (Å²) in [6.45, 7) is 5.80. The van der Waals surface area contributed by atoms with Crippen LogP contribution in [-0.4, -0.2) is 37.6 Å². The van der Waals surface area contributed by atoms with E-state index in [1.54, 1.807) is 44.3 Å². The molecule has 0 radical (unpaired) electrons. The molecule has 1 fully saturated rings.